The van der Waals surface area contributed by atoms with Crippen molar-refractivity contribution in [3.8, 4) is 0 Å². The zero-order valence-corrected chi connectivity index (χ0v) is 16.6. The van der Waals surface area contributed by atoms with Gasteiger partial charge in [0, 0.05) is 12.6 Å². The van der Waals surface area contributed by atoms with Gasteiger partial charge in [-0.15, -0.1) is 11.3 Å². The van der Waals surface area contributed by atoms with E-state index in [0.717, 1.165) is 21.6 Å². The summed E-state index contributed by atoms with van der Waals surface area (Å²) in [4.78, 5) is 40.5. The minimum Gasteiger partial charge on any atom is -0.459 e. The molecule has 0 radical (unpaired) electrons. The van der Waals surface area contributed by atoms with Gasteiger partial charge in [0.15, 0.2) is 10.9 Å². The molecule has 0 saturated heterocycles. The van der Waals surface area contributed by atoms with Crippen molar-refractivity contribution in [1.29, 1.82) is 0 Å². The van der Waals surface area contributed by atoms with Gasteiger partial charge in [0.25, 0.3) is 11.8 Å². The highest BCUT2D eigenvalue weighted by Crippen LogP contribution is 2.30. The highest BCUT2D eigenvalue weighted by molar-refractivity contribution is 7.22. The first-order valence-electron chi connectivity index (χ1n) is 8.42. The lowest BCUT2D eigenvalue weighted by Gasteiger charge is -1.99. The number of hydrogen-bond acceptors (Lipinski definition) is 7. The Morgan fingerprint density at radius 2 is 1.83 bits per heavy atom. The van der Waals surface area contributed by atoms with Crippen molar-refractivity contribution >= 4 is 66.4 Å². The molecule has 0 aliphatic carbocycles. The number of nitrogens with zero attached hydrogens (tertiary/aromatic N) is 1. The number of thiophene rings is 1. The zero-order chi connectivity index (χ0) is 20.4. The number of aromatic nitrogens is 1. The summed E-state index contributed by atoms with van der Waals surface area (Å²) in [7, 11) is 0. The van der Waals surface area contributed by atoms with E-state index in [9.17, 15) is 14.4 Å². The monoisotopic (exact) mass is 426 g/mol. The van der Waals surface area contributed by atoms with Gasteiger partial charge in [0.1, 0.15) is 0 Å². The van der Waals surface area contributed by atoms with Crippen LogP contribution in [0.4, 0.5) is 15.8 Å². The third kappa shape index (κ3) is 4.33. The summed E-state index contributed by atoms with van der Waals surface area (Å²) in [6.45, 7) is 1.44. The molecule has 1 aromatic carbocycles. The van der Waals surface area contributed by atoms with Crippen LogP contribution in [-0.4, -0.2) is 22.7 Å². The molecule has 3 amide bonds. The van der Waals surface area contributed by atoms with E-state index in [0.29, 0.717) is 20.7 Å². The maximum Gasteiger partial charge on any atom is 0.291 e. The number of nitrogens with one attached hydrogen (secondary N) is 3. The van der Waals surface area contributed by atoms with E-state index < -0.39 is 0 Å². The van der Waals surface area contributed by atoms with Gasteiger partial charge in [-0.05, 0) is 42.5 Å². The Morgan fingerprint density at radius 3 is 2.59 bits per heavy atom. The van der Waals surface area contributed by atoms with Crippen molar-refractivity contribution in [3.63, 3.8) is 0 Å². The quantitative estimate of drug-likeness (QED) is 0.437. The van der Waals surface area contributed by atoms with Crippen molar-refractivity contribution in [2.24, 2.45) is 0 Å². The molecule has 0 aliphatic rings. The Labute approximate surface area is 172 Å². The molecule has 3 heterocycles. The molecule has 8 nitrogen and oxygen atoms in total. The number of carbonyl (C=O) groups excluding carboxylic acids is 3. The second-order valence-corrected chi connectivity index (χ2v) is 8.05. The van der Waals surface area contributed by atoms with E-state index in [1.54, 1.807) is 42.5 Å². The fraction of sp³-hybridized carbons (Fsp3) is 0.0526. The van der Waals surface area contributed by atoms with Crippen molar-refractivity contribution in [2.75, 3.05) is 16.0 Å². The van der Waals surface area contributed by atoms with Crippen LogP contribution >= 0.6 is 22.7 Å². The Hall–Kier alpha value is -3.50. The Bertz CT molecular complexity index is 1210. The summed E-state index contributed by atoms with van der Waals surface area (Å²) in [5.41, 5.74) is 1.39. The van der Waals surface area contributed by atoms with Gasteiger partial charge in [-0.25, -0.2) is 4.98 Å². The number of furan rings is 1. The summed E-state index contributed by atoms with van der Waals surface area (Å²) in [6, 6.07) is 11.8. The molecule has 146 valence electrons. The van der Waals surface area contributed by atoms with Crippen LogP contribution in [0, 0.1) is 0 Å². The summed E-state index contributed by atoms with van der Waals surface area (Å²) < 4.78 is 5.88. The molecule has 0 aliphatic heterocycles. The number of hydrogen-bond donors (Lipinski definition) is 3. The van der Waals surface area contributed by atoms with Gasteiger partial charge in [-0.3, -0.25) is 19.7 Å². The molecule has 3 N–H and O–H groups in total. The summed E-state index contributed by atoms with van der Waals surface area (Å²) in [6.07, 6.45) is 1.42. The van der Waals surface area contributed by atoms with Gasteiger partial charge in [-0.2, -0.15) is 0 Å². The first-order valence-corrected chi connectivity index (χ1v) is 10.1. The zero-order valence-electron chi connectivity index (χ0n) is 15.0. The van der Waals surface area contributed by atoms with Crippen molar-refractivity contribution in [3.05, 3.63) is 59.4 Å². The van der Waals surface area contributed by atoms with Crippen LogP contribution < -0.4 is 16.0 Å². The first kappa shape index (κ1) is 18.8. The van der Waals surface area contributed by atoms with E-state index in [1.807, 2.05) is 0 Å². The van der Waals surface area contributed by atoms with Crippen LogP contribution in [0.15, 0.2) is 53.1 Å². The van der Waals surface area contributed by atoms with E-state index in [4.69, 9.17) is 4.42 Å². The molecule has 29 heavy (non-hydrogen) atoms. The summed E-state index contributed by atoms with van der Waals surface area (Å²) in [5, 5.41) is 9.13. The highest BCUT2D eigenvalue weighted by atomic mass is 32.1. The number of amides is 3. The Kier molecular flexibility index (Phi) is 5.10. The standard InChI is InChI=1S/C19H14N4O4S2/c1-10(24)20-11-4-5-12-15(9-11)29-19(21-12)23-18(26)14-6-7-16(28-14)22-17(25)13-3-2-8-27-13/h2-9H,1H3,(H,20,24)(H,22,25)(H,21,23,26). The van der Waals surface area contributed by atoms with Gasteiger partial charge < -0.3 is 15.1 Å². The van der Waals surface area contributed by atoms with Crippen molar-refractivity contribution in [1.82, 2.24) is 4.98 Å². The number of anilines is 3. The molecule has 4 aromatic rings. The molecule has 0 unspecified atom stereocenters. The molecule has 0 spiro atoms. The normalized spacial score (nSPS) is 10.7. The van der Waals surface area contributed by atoms with Crippen LogP contribution in [0.2, 0.25) is 0 Å². The number of benzene rings is 1. The number of thiazole rings is 1. The van der Waals surface area contributed by atoms with E-state index in [-0.39, 0.29) is 23.5 Å². The predicted molar refractivity (Wildman–Crippen MR) is 113 cm³/mol. The van der Waals surface area contributed by atoms with Crippen LogP contribution in [-0.2, 0) is 4.79 Å². The minimum atomic E-state index is -0.384. The maximum atomic E-state index is 12.5. The Morgan fingerprint density at radius 1 is 0.966 bits per heavy atom. The van der Waals surface area contributed by atoms with Crippen LogP contribution in [0.1, 0.15) is 27.2 Å². The fourth-order valence-electron chi connectivity index (χ4n) is 2.53. The van der Waals surface area contributed by atoms with E-state index in [1.165, 1.54) is 24.5 Å². The van der Waals surface area contributed by atoms with E-state index >= 15 is 0 Å². The third-order valence-electron chi connectivity index (χ3n) is 3.74. The predicted octanol–water partition coefficient (Wildman–Crippen LogP) is 4.41. The average molecular weight is 426 g/mol. The number of fused-ring (bicyclic) bond motifs is 1. The molecule has 10 heteroatoms. The second kappa shape index (κ2) is 7.86. The smallest absolute Gasteiger partial charge is 0.291 e. The molecule has 3 aromatic heterocycles. The molecule has 0 fully saturated rings. The summed E-state index contributed by atoms with van der Waals surface area (Å²) >= 11 is 2.45. The lowest BCUT2D eigenvalue weighted by molar-refractivity contribution is -0.114. The highest BCUT2D eigenvalue weighted by Gasteiger charge is 2.15. The molecule has 0 saturated carbocycles. The third-order valence-corrected chi connectivity index (χ3v) is 5.67. The fourth-order valence-corrected chi connectivity index (χ4v) is 4.22. The molecule has 4 rings (SSSR count). The van der Waals surface area contributed by atoms with Gasteiger partial charge in [0.05, 0.1) is 26.4 Å². The maximum absolute atomic E-state index is 12.5. The molecular formula is C19H14N4O4S2. The average Bonchev–Trinajstić information content (AvgIpc) is 3.41. The van der Waals surface area contributed by atoms with Crippen molar-refractivity contribution < 1.29 is 18.8 Å². The SMILES string of the molecule is CC(=O)Nc1ccc2nc(NC(=O)c3ccc(NC(=O)c4ccco4)s3)sc2c1. The van der Waals surface area contributed by atoms with Crippen LogP contribution in [0.3, 0.4) is 0 Å². The molecular weight excluding hydrogens is 412 g/mol. The van der Waals surface area contributed by atoms with Crippen LogP contribution in [0.25, 0.3) is 10.2 Å². The first-order chi connectivity index (χ1) is 14.0. The Balaban J connectivity index is 1.44. The summed E-state index contributed by atoms with van der Waals surface area (Å²) in [5.74, 6) is -0.674. The van der Waals surface area contributed by atoms with E-state index in [2.05, 4.69) is 20.9 Å². The lowest BCUT2D eigenvalue weighted by atomic mass is 10.3. The largest absolute Gasteiger partial charge is 0.459 e. The topological polar surface area (TPSA) is 113 Å². The lowest BCUT2D eigenvalue weighted by Crippen LogP contribution is -2.10. The second-order valence-electron chi connectivity index (χ2n) is 5.93. The van der Waals surface area contributed by atoms with Crippen molar-refractivity contribution in [2.45, 2.75) is 6.92 Å². The van der Waals surface area contributed by atoms with Gasteiger partial charge >= 0.3 is 0 Å². The van der Waals surface area contributed by atoms with Gasteiger partial charge in [-0.1, -0.05) is 11.3 Å². The number of carbonyl (C=O) groups is 3. The minimum absolute atomic E-state index is 0.157. The van der Waals surface area contributed by atoms with Crippen LogP contribution in [0.5, 0.6) is 0 Å². The molecule has 0 atom stereocenters. The van der Waals surface area contributed by atoms with Gasteiger partial charge in [0.2, 0.25) is 5.91 Å². The number of rotatable bonds is 5. The molecule has 0 bridgehead atoms.